The Kier molecular flexibility index (Phi) is 5.13. The van der Waals surface area contributed by atoms with Crippen molar-refractivity contribution < 1.29 is 4.79 Å². The summed E-state index contributed by atoms with van der Waals surface area (Å²) in [5, 5.41) is 0. The lowest BCUT2D eigenvalue weighted by atomic mass is 9.92. The summed E-state index contributed by atoms with van der Waals surface area (Å²) in [7, 11) is 0. The summed E-state index contributed by atoms with van der Waals surface area (Å²) in [5.41, 5.74) is 2.92. The fourth-order valence-corrected chi connectivity index (χ4v) is 3.12. The molecule has 1 atom stereocenters. The van der Waals surface area contributed by atoms with Crippen LogP contribution in [0.5, 0.6) is 0 Å². The van der Waals surface area contributed by atoms with Crippen molar-refractivity contribution in [2.45, 2.75) is 32.7 Å². The number of aryl methyl sites for hydroxylation is 1. The lowest BCUT2D eigenvalue weighted by Crippen LogP contribution is -2.38. The molecular formula is C19H23N3O. The Morgan fingerprint density at radius 3 is 2.87 bits per heavy atom. The van der Waals surface area contributed by atoms with Gasteiger partial charge in [0, 0.05) is 31.4 Å². The first-order valence-corrected chi connectivity index (χ1v) is 8.37. The van der Waals surface area contributed by atoms with Gasteiger partial charge in [-0.05, 0) is 49.6 Å². The van der Waals surface area contributed by atoms with E-state index in [0.717, 1.165) is 44.6 Å². The summed E-state index contributed by atoms with van der Waals surface area (Å²) in [6.45, 7) is 4.78. The molecule has 1 aliphatic heterocycles. The zero-order valence-electron chi connectivity index (χ0n) is 13.6. The first-order chi connectivity index (χ1) is 11.3. The molecule has 120 valence electrons. The van der Waals surface area contributed by atoms with Crippen LogP contribution in [0.1, 0.15) is 41.5 Å². The molecule has 2 aromatic rings. The smallest absolute Gasteiger partial charge is 0.185 e. The lowest BCUT2D eigenvalue weighted by Gasteiger charge is -2.31. The molecule has 23 heavy (non-hydrogen) atoms. The van der Waals surface area contributed by atoms with Crippen LogP contribution in [0.2, 0.25) is 0 Å². The molecular weight excluding hydrogens is 286 g/mol. The average molecular weight is 309 g/mol. The maximum atomic E-state index is 12.6. The second-order valence-electron chi connectivity index (χ2n) is 6.16. The maximum absolute atomic E-state index is 12.6. The van der Waals surface area contributed by atoms with E-state index in [9.17, 15) is 4.79 Å². The van der Waals surface area contributed by atoms with Gasteiger partial charge in [-0.25, -0.2) is 0 Å². The third kappa shape index (κ3) is 4.02. The first-order valence-electron chi connectivity index (χ1n) is 8.37. The van der Waals surface area contributed by atoms with Gasteiger partial charge in [-0.2, -0.15) is 0 Å². The van der Waals surface area contributed by atoms with Crippen molar-refractivity contribution in [2.24, 2.45) is 5.92 Å². The molecule has 1 aliphatic rings. The van der Waals surface area contributed by atoms with Crippen LogP contribution < -0.4 is 0 Å². The van der Waals surface area contributed by atoms with Crippen molar-refractivity contribution >= 4 is 5.78 Å². The number of aromatic nitrogens is 2. The van der Waals surface area contributed by atoms with E-state index in [4.69, 9.17) is 0 Å². The highest BCUT2D eigenvalue weighted by Gasteiger charge is 2.27. The van der Waals surface area contributed by atoms with Gasteiger partial charge in [0.25, 0.3) is 0 Å². The van der Waals surface area contributed by atoms with Crippen LogP contribution in [-0.2, 0) is 13.0 Å². The van der Waals surface area contributed by atoms with Gasteiger partial charge in [-0.1, -0.05) is 19.1 Å². The monoisotopic (exact) mass is 309 g/mol. The molecule has 4 nitrogen and oxygen atoms in total. The average Bonchev–Trinajstić information content (AvgIpc) is 2.63. The van der Waals surface area contributed by atoms with Crippen molar-refractivity contribution in [3.63, 3.8) is 0 Å². The first kappa shape index (κ1) is 15.8. The molecule has 0 bridgehead atoms. The van der Waals surface area contributed by atoms with E-state index >= 15 is 0 Å². The van der Waals surface area contributed by atoms with Crippen LogP contribution in [0.3, 0.4) is 0 Å². The molecule has 2 aromatic heterocycles. The Hall–Kier alpha value is -2.07. The quantitative estimate of drug-likeness (QED) is 0.796. The predicted molar refractivity (Wildman–Crippen MR) is 90.2 cm³/mol. The molecule has 0 aliphatic carbocycles. The Morgan fingerprint density at radius 1 is 1.26 bits per heavy atom. The highest BCUT2D eigenvalue weighted by atomic mass is 16.1. The number of rotatable bonds is 5. The summed E-state index contributed by atoms with van der Waals surface area (Å²) in [4.78, 5) is 23.6. The number of ketones is 1. The SMILES string of the molecule is CCc1ccc(CN2CCCC(C(=O)c3ccccn3)C2)nc1. The largest absolute Gasteiger partial charge is 0.297 e. The van der Waals surface area contributed by atoms with Crippen LogP contribution in [0, 0.1) is 5.92 Å². The number of pyridine rings is 2. The molecule has 3 heterocycles. The Balaban J connectivity index is 1.62. The van der Waals surface area contributed by atoms with E-state index in [1.165, 1.54) is 5.56 Å². The topological polar surface area (TPSA) is 46.1 Å². The lowest BCUT2D eigenvalue weighted by molar-refractivity contribution is 0.0805. The zero-order valence-corrected chi connectivity index (χ0v) is 13.6. The van der Waals surface area contributed by atoms with E-state index in [1.54, 1.807) is 6.20 Å². The number of piperidine rings is 1. The van der Waals surface area contributed by atoms with Gasteiger partial charge in [0.15, 0.2) is 5.78 Å². The molecule has 1 unspecified atom stereocenters. The number of hydrogen-bond acceptors (Lipinski definition) is 4. The minimum absolute atomic E-state index is 0.0496. The molecule has 4 heteroatoms. The maximum Gasteiger partial charge on any atom is 0.185 e. The second-order valence-corrected chi connectivity index (χ2v) is 6.16. The van der Waals surface area contributed by atoms with Crippen LogP contribution in [0.15, 0.2) is 42.7 Å². The molecule has 0 N–H and O–H groups in total. The minimum atomic E-state index is 0.0496. The number of carbonyl (C=O) groups is 1. The van der Waals surface area contributed by atoms with Gasteiger partial charge >= 0.3 is 0 Å². The Morgan fingerprint density at radius 2 is 2.17 bits per heavy atom. The number of Topliss-reactive ketones (excluding diaryl/α,β-unsaturated/α-hetero) is 1. The molecule has 0 aromatic carbocycles. The molecule has 0 amide bonds. The molecule has 0 saturated carbocycles. The zero-order chi connectivity index (χ0) is 16.1. The van der Waals surface area contributed by atoms with Crippen LogP contribution in [0.4, 0.5) is 0 Å². The second kappa shape index (κ2) is 7.47. The van der Waals surface area contributed by atoms with Crippen molar-refractivity contribution in [3.05, 3.63) is 59.7 Å². The molecule has 1 saturated heterocycles. The summed E-state index contributed by atoms with van der Waals surface area (Å²) < 4.78 is 0. The van der Waals surface area contributed by atoms with E-state index in [2.05, 4.69) is 33.9 Å². The van der Waals surface area contributed by atoms with Crippen molar-refractivity contribution in [3.8, 4) is 0 Å². The van der Waals surface area contributed by atoms with Gasteiger partial charge in [-0.3, -0.25) is 19.7 Å². The van der Waals surface area contributed by atoms with Crippen molar-refractivity contribution in [1.82, 2.24) is 14.9 Å². The fourth-order valence-electron chi connectivity index (χ4n) is 3.12. The Bertz CT molecular complexity index is 639. The molecule has 0 spiro atoms. The highest BCUT2D eigenvalue weighted by Crippen LogP contribution is 2.21. The minimum Gasteiger partial charge on any atom is -0.297 e. The number of likely N-dealkylation sites (tertiary alicyclic amines) is 1. The number of hydrogen-bond donors (Lipinski definition) is 0. The van der Waals surface area contributed by atoms with Crippen molar-refractivity contribution in [2.75, 3.05) is 13.1 Å². The Labute approximate surface area is 137 Å². The highest BCUT2D eigenvalue weighted by molar-refractivity contribution is 5.96. The van der Waals surface area contributed by atoms with Gasteiger partial charge < -0.3 is 0 Å². The van der Waals surface area contributed by atoms with E-state index < -0.39 is 0 Å². The third-order valence-electron chi connectivity index (χ3n) is 4.47. The number of carbonyl (C=O) groups excluding carboxylic acids is 1. The summed E-state index contributed by atoms with van der Waals surface area (Å²) in [5.74, 6) is 0.221. The third-order valence-corrected chi connectivity index (χ3v) is 4.47. The van der Waals surface area contributed by atoms with Crippen LogP contribution in [0.25, 0.3) is 0 Å². The van der Waals surface area contributed by atoms with Crippen molar-refractivity contribution in [1.29, 1.82) is 0 Å². The summed E-state index contributed by atoms with van der Waals surface area (Å²) in [6, 6.07) is 9.77. The van der Waals surface area contributed by atoms with Gasteiger partial charge in [0.2, 0.25) is 0 Å². The van der Waals surface area contributed by atoms with Crippen LogP contribution in [-0.4, -0.2) is 33.7 Å². The predicted octanol–water partition coefficient (Wildman–Crippen LogP) is 3.13. The standard InChI is InChI=1S/C19H23N3O/c1-2-15-8-9-17(21-12-15)14-22-11-5-6-16(13-22)19(23)18-7-3-4-10-20-18/h3-4,7-10,12,16H,2,5-6,11,13-14H2,1H3. The summed E-state index contributed by atoms with van der Waals surface area (Å²) >= 11 is 0. The van der Waals surface area contributed by atoms with Crippen LogP contribution >= 0.6 is 0 Å². The van der Waals surface area contributed by atoms with Gasteiger partial charge in [0.1, 0.15) is 5.69 Å². The fraction of sp³-hybridized carbons (Fsp3) is 0.421. The normalized spacial score (nSPS) is 18.7. The molecule has 0 radical (unpaired) electrons. The summed E-state index contributed by atoms with van der Waals surface area (Å²) in [6.07, 6.45) is 6.66. The molecule has 3 rings (SSSR count). The van der Waals surface area contributed by atoms with Gasteiger partial charge in [-0.15, -0.1) is 0 Å². The molecule has 1 fully saturated rings. The van der Waals surface area contributed by atoms with E-state index in [0.29, 0.717) is 5.69 Å². The number of nitrogens with zero attached hydrogens (tertiary/aromatic N) is 3. The van der Waals surface area contributed by atoms with E-state index in [-0.39, 0.29) is 11.7 Å². The van der Waals surface area contributed by atoms with E-state index in [1.807, 2.05) is 24.4 Å². The van der Waals surface area contributed by atoms with Gasteiger partial charge in [0.05, 0.1) is 5.69 Å².